The Morgan fingerprint density at radius 2 is 2.23 bits per heavy atom. The number of rotatable bonds is 3. The van der Waals surface area contributed by atoms with Crippen LogP contribution in [0, 0.1) is 0 Å². The van der Waals surface area contributed by atoms with Gasteiger partial charge in [0.1, 0.15) is 10.0 Å². The first kappa shape index (κ1) is 8.65. The van der Waals surface area contributed by atoms with Crippen molar-refractivity contribution in [3.63, 3.8) is 0 Å². The SMILES string of the molecule is c1cnc(SCc2nccs2)cn1. The third kappa shape index (κ3) is 2.50. The van der Waals surface area contributed by atoms with Crippen molar-refractivity contribution in [3.05, 3.63) is 35.2 Å². The Kier molecular flexibility index (Phi) is 2.89. The smallest absolute Gasteiger partial charge is 0.115 e. The molecule has 0 saturated carbocycles. The molecule has 0 aliphatic heterocycles. The van der Waals surface area contributed by atoms with E-state index >= 15 is 0 Å². The fourth-order valence-corrected chi connectivity index (χ4v) is 2.29. The lowest BCUT2D eigenvalue weighted by Gasteiger charge is -1.95. The lowest BCUT2D eigenvalue weighted by Crippen LogP contribution is -1.82. The normalized spacial score (nSPS) is 10.2. The minimum absolute atomic E-state index is 0.871. The van der Waals surface area contributed by atoms with E-state index in [0.29, 0.717) is 0 Å². The van der Waals surface area contributed by atoms with E-state index in [1.54, 1.807) is 41.7 Å². The van der Waals surface area contributed by atoms with Crippen LogP contribution in [0.1, 0.15) is 5.01 Å². The van der Waals surface area contributed by atoms with Crippen LogP contribution in [0.15, 0.2) is 35.2 Å². The number of thiazole rings is 1. The van der Waals surface area contributed by atoms with Gasteiger partial charge in [0.05, 0.1) is 11.9 Å². The van der Waals surface area contributed by atoms with E-state index in [1.165, 1.54) is 0 Å². The summed E-state index contributed by atoms with van der Waals surface area (Å²) in [6.45, 7) is 0. The number of aromatic nitrogens is 3. The predicted octanol–water partition coefficient (Wildman–Crippen LogP) is 2.23. The lowest BCUT2D eigenvalue weighted by molar-refractivity contribution is 1.05. The molecule has 0 aromatic carbocycles. The van der Waals surface area contributed by atoms with Gasteiger partial charge in [0.25, 0.3) is 0 Å². The summed E-state index contributed by atoms with van der Waals surface area (Å²) in [6.07, 6.45) is 6.95. The molecule has 66 valence electrons. The molecule has 0 N–H and O–H groups in total. The van der Waals surface area contributed by atoms with Crippen molar-refractivity contribution in [1.29, 1.82) is 0 Å². The van der Waals surface area contributed by atoms with Gasteiger partial charge in [0.2, 0.25) is 0 Å². The zero-order valence-corrected chi connectivity index (χ0v) is 8.38. The van der Waals surface area contributed by atoms with Crippen molar-refractivity contribution >= 4 is 23.1 Å². The van der Waals surface area contributed by atoms with Crippen LogP contribution in [0.4, 0.5) is 0 Å². The molecule has 0 spiro atoms. The maximum Gasteiger partial charge on any atom is 0.115 e. The highest BCUT2D eigenvalue weighted by Crippen LogP contribution is 2.20. The molecule has 3 nitrogen and oxygen atoms in total. The second-order valence-electron chi connectivity index (χ2n) is 2.26. The van der Waals surface area contributed by atoms with Gasteiger partial charge < -0.3 is 0 Å². The molecule has 0 amide bonds. The Morgan fingerprint density at radius 3 is 2.92 bits per heavy atom. The Morgan fingerprint density at radius 1 is 1.23 bits per heavy atom. The highest BCUT2D eigenvalue weighted by Gasteiger charge is 1.98. The number of hydrogen-bond donors (Lipinski definition) is 0. The molecule has 13 heavy (non-hydrogen) atoms. The monoisotopic (exact) mass is 209 g/mol. The zero-order chi connectivity index (χ0) is 8.93. The first-order valence-electron chi connectivity index (χ1n) is 3.72. The zero-order valence-electron chi connectivity index (χ0n) is 6.75. The van der Waals surface area contributed by atoms with Crippen LogP contribution in [-0.2, 0) is 5.75 Å². The average Bonchev–Trinajstić information content (AvgIpc) is 2.69. The first-order chi connectivity index (χ1) is 6.45. The quantitative estimate of drug-likeness (QED) is 0.727. The van der Waals surface area contributed by atoms with Gasteiger partial charge in [-0.3, -0.25) is 4.98 Å². The second-order valence-corrected chi connectivity index (χ2v) is 4.23. The molecular weight excluding hydrogens is 202 g/mol. The summed E-state index contributed by atoms with van der Waals surface area (Å²) in [5, 5.41) is 4.04. The summed E-state index contributed by atoms with van der Waals surface area (Å²) in [5.41, 5.74) is 0. The van der Waals surface area contributed by atoms with Gasteiger partial charge in [-0.15, -0.1) is 11.3 Å². The molecule has 0 atom stereocenters. The molecule has 2 aromatic rings. The van der Waals surface area contributed by atoms with Gasteiger partial charge in [-0.05, 0) is 0 Å². The van der Waals surface area contributed by atoms with Gasteiger partial charge in [0.15, 0.2) is 0 Å². The summed E-state index contributed by atoms with van der Waals surface area (Å²) < 4.78 is 0. The van der Waals surface area contributed by atoms with Gasteiger partial charge in [-0.1, -0.05) is 11.8 Å². The van der Waals surface area contributed by atoms with Crippen LogP contribution in [-0.4, -0.2) is 15.0 Å². The van der Waals surface area contributed by atoms with E-state index in [1.807, 2.05) is 11.6 Å². The topological polar surface area (TPSA) is 38.7 Å². The van der Waals surface area contributed by atoms with Crippen molar-refractivity contribution in [2.75, 3.05) is 0 Å². The van der Waals surface area contributed by atoms with Crippen molar-refractivity contribution in [3.8, 4) is 0 Å². The third-order valence-electron chi connectivity index (χ3n) is 1.37. The largest absolute Gasteiger partial charge is 0.260 e. The molecule has 2 heterocycles. The van der Waals surface area contributed by atoms with Crippen LogP contribution in [0.2, 0.25) is 0 Å². The van der Waals surface area contributed by atoms with Gasteiger partial charge in [-0.2, -0.15) is 0 Å². The van der Waals surface area contributed by atoms with Crippen molar-refractivity contribution in [1.82, 2.24) is 15.0 Å². The van der Waals surface area contributed by atoms with E-state index in [-0.39, 0.29) is 0 Å². The van der Waals surface area contributed by atoms with Crippen molar-refractivity contribution in [2.45, 2.75) is 10.8 Å². The van der Waals surface area contributed by atoms with Crippen molar-refractivity contribution in [2.24, 2.45) is 0 Å². The molecule has 2 aromatic heterocycles. The maximum absolute atomic E-state index is 4.18. The van der Waals surface area contributed by atoms with E-state index in [9.17, 15) is 0 Å². The van der Waals surface area contributed by atoms with E-state index < -0.39 is 0 Å². The molecule has 0 unspecified atom stereocenters. The molecule has 5 heteroatoms. The Bertz CT molecular complexity index is 347. The molecule has 0 saturated heterocycles. The molecule has 0 aliphatic rings. The molecular formula is C8H7N3S2. The molecule has 0 radical (unpaired) electrons. The number of nitrogens with zero attached hydrogens (tertiary/aromatic N) is 3. The van der Waals surface area contributed by atoms with Gasteiger partial charge >= 0.3 is 0 Å². The Balaban J connectivity index is 1.94. The van der Waals surface area contributed by atoms with Crippen LogP contribution in [0.5, 0.6) is 0 Å². The van der Waals surface area contributed by atoms with E-state index in [4.69, 9.17) is 0 Å². The molecule has 0 fully saturated rings. The Hall–Kier alpha value is -0.940. The minimum atomic E-state index is 0.871. The van der Waals surface area contributed by atoms with Gasteiger partial charge in [0, 0.05) is 24.0 Å². The summed E-state index contributed by atoms with van der Waals surface area (Å²) in [4.78, 5) is 12.3. The fraction of sp³-hybridized carbons (Fsp3) is 0.125. The average molecular weight is 209 g/mol. The van der Waals surface area contributed by atoms with E-state index in [0.717, 1.165) is 15.8 Å². The molecule has 0 aliphatic carbocycles. The summed E-state index contributed by atoms with van der Waals surface area (Å²) in [7, 11) is 0. The summed E-state index contributed by atoms with van der Waals surface area (Å²) >= 11 is 3.31. The highest BCUT2D eigenvalue weighted by molar-refractivity contribution is 7.98. The number of hydrogen-bond acceptors (Lipinski definition) is 5. The standard InChI is InChI=1S/C8H7N3S2/c1-2-10-7(5-9-1)13-6-8-11-3-4-12-8/h1-5H,6H2. The Labute approximate surface area is 84.3 Å². The summed E-state index contributed by atoms with van der Waals surface area (Å²) in [6, 6.07) is 0. The van der Waals surface area contributed by atoms with Crippen molar-refractivity contribution < 1.29 is 0 Å². The van der Waals surface area contributed by atoms with Crippen LogP contribution in [0.25, 0.3) is 0 Å². The minimum Gasteiger partial charge on any atom is -0.260 e. The maximum atomic E-state index is 4.18. The third-order valence-corrected chi connectivity index (χ3v) is 3.25. The van der Waals surface area contributed by atoms with Gasteiger partial charge in [-0.25, -0.2) is 9.97 Å². The molecule has 2 rings (SSSR count). The predicted molar refractivity (Wildman–Crippen MR) is 53.7 cm³/mol. The first-order valence-corrected chi connectivity index (χ1v) is 5.59. The van der Waals surface area contributed by atoms with E-state index in [2.05, 4.69) is 15.0 Å². The van der Waals surface area contributed by atoms with Crippen LogP contribution in [0.3, 0.4) is 0 Å². The number of thioether (sulfide) groups is 1. The highest BCUT2D eigenvalue weighted by atomic mass is 32.2. The lowest BCUT2D eigenvalue weighted by atomic mass is 10.8. The fourth-order valence-electron chi connectivity index (χ4n) is 0.820. The van der Waals surface area contributed by atoms with Crippen LogP contribution >= 0.6 is 23.1 Å². The molecule has 0 bridgehead atoms. The summed E-state index contributed by atoms with van der Waals surface area (Å²) in [5.74, 6) is 0.871. The second kappa shape index (κ2) is 4.34. The van der Waals surface area contributed by atoms with Crippen LogP contribution < -0.4 is 0 Å².